The first-order valence-electron chi connectivity index (χ1n) is 24.6. The molecule has 0 aliphatic carbocycles. The van der Waals surface area contributed by atoms with E-state index in [-0.39, 0.29) is 26.1 Å². The Kier molecular flexibility index (Phi) is 33.3. The molecule has 64 heavy (non-hydrogen) atoms. The van der Waals surface area contributed by atoms with Crippen LogP contribution in [0.1, 0.15) is 168 Å². The number of aliphatic hydroxyl groups is 7. The van der Waals surface area contributed by atoms with E-state index in [1.807, 2.05) is 0 Å². The summed E-state index contributed by atoms with van der Waals surface area (Å²) in [6, 6.07) is 0. The van der Waals surface area contributed by atoms with Crippen LogP contribution >= 0.6 is 0 Å². The molecule has 11 atom stereocenters. The van der Waals surface area contributed by atoms with Crippen LogP contribution in [0.25, 0.3) is 0 Å². The Labute approximate surface area is 383 Å². The highest BCUT2D eigenvalue weighted by Gasteiger charge is 2.47. The van der Waals surface area contributed by atoms with E-state index >= 15 is 0 Å². The lowest BCUT2D eigenvalue weighted by atomic mass is 9.98. The summed E-state index contributed by atoms with van der Waals surface area (Å²) < 4.78 is 33.5. The van der Waals surface area contributed by atoms with Gasteiger partial charge in [0, 0.05) is 12.8 Å². The smallest absolute Gasteiger partial charge is 0.306 e. The standard InChI is InChI=1S/C49H86O15/c1-3-5-7-9-11-13-15-17-18-20-22-24-26-28-30-32-41(52)62-37(34-59-40(51)31-29-27-25-23-21-19-16-14-12-10-8-6-4-2)35-60-48-47(58)45(56)43(54)39(64-48)36-61-49-46(57)44(55)42(53)38(33-50)63-49/h5,7,11,13,17-18,37-39,42-50,53-58H,3-4,6,8-10,12,14-16,19-36H2,1-2H3/b7-5-,13-11-,18-17-/t37-,38+,39+,42-,43-,44-,45-,46+,47+,48+,49-/m0/s1. The van der Waals surface area contributed by atoms with Crippen molar-refractivity contribution in [3.8, 4) is 0 Å². The minimum absolute atomic E-state index is 0.147. The van der Waals surface area contributed by atoms with E-state index in [9.17, 15) is 45.3 Å². The topological polar surface area (TPSA) is 231 Å². The van der Waals surface area contributed by atoms with Gasteiger partial charge in [-0.1, -0.05) is 147 Å². The van der Waals surface area contributed by atoms with Crippen LogP contribution in [0.5, 0.6) is 0 Å². The van der Waals surface area contributed by atoms with E-state index in [1.54, 1.807) is 0 Å². The molecule has 0 radical (unpaired) electrons. The summed E-state index contributed by atoms with van der Waals surface area (Å²) in [5.41, 5.74) is 0. The Bertz CT molecular complexity index is 1260. The van der Waals surface area contributed by atoms with E-state index in [0.29, 0.717) is 12.8 Å². The molecular formula is C49H86O15. The van der Waals surface area contributed by atoms with Gasteiger partial charge < -0.3 is 64.2 Å². The quantitative estimate of drug-likeness (QED) is 0.0211. The van der Waals surface area contributed by atoms with Crippen LogP contribution in [0.4, 0.5) is 0 Å². The zero-order valence-electron chi connectivity index (χ0n) is 39.0. The maximum Gasteiger partial charge on any atom is 0.306 e. The van der Waals surface area contributed by atoms with Crippen LogP contribution in [0.3, 0.4) is 0 Å². The van der Waals surface area contributed by atoms with E-state index in [0.717, 1.165) is 70.6 Å². The molecule has 2 saturated heterocycles. The number of esters is 2. The van der Waals surface area contributed by atoms with Crippen molar-refractivity contribution in [2.24, 2.45) is 0 Å². The molecular weight excluding hydrogens is 829 g/mol. The van der Waals surface area contributed by atoms with E-state index in [4.69, 9.17) is 28.4 Å². The molecule has 372 valence electrons. The molecule has 0 bridgehead atoms. The Hall–Kier alpha value is -2.28. The minimum atomic E-state index is -1.77. The fourth-order valence-electron chi connectivity index (χ4n) is 7.58. The second kappa shape index (κ2) is 36.8. The molecule has 2 rings (SSSR count). The van der Waals surface area contributed by atoms with Gasteiger partial charge in [-0.25, -0.2) is 0 Å². The fourth-order valence-corrected chi connectivity index (χ4v) is 7.58. The summed E-state index contributed by atoms with van der Waals surface area (Å²) in [4.78, 5) is 25.7. The summed E-state index contributed by atoms with van der Waals surface area (Å²) in [6.45, 7) is 2.45. The monoisotopic (exact) mass is 915 g/mol. The maximum absolute atomic E-state index is 13.0. The molecule has 15 heteroatoms. The zero-order valence-corrected chi connectivity index (χ0v) is 39.0. The number of allylic oxidation sites excluding steroid dienone is 6. The highest BCUT2D eigenvalue weighted by Crippen LogP contribution is 2.26. The molecule has 2 aliphatic heterocycles. The lowest BCUT2D eigenvalue weighted by molar-refractivity contribution is -0.332. The number of carbonyl (C=O) groups excluding carboxylic acids is 2. The van der Waals surface area contributed by atoms with Crippen LogP contribution in [0.15, 0.2) is 36.5 Å². The molecule has 7 N–H and O–H groups in total. The van der Waals surface area contributed by atoms with E-state index < -0.39 is 92.7 Å². The summed E-state index contributed by atoms with van der Waals surface area (Å²) in [5, 5.41) is 72.0. The molecule has 0 unspecified atom stereocenters. The van der Waals surface area contributed by atoms with Crippen molar-refractivity contribution in [3.05, 3.63) is 36.5 Å². The van der Waals surface area contributed by atoms with Crippen molar-refractivity contribution in [2.75, 3.05) is 26.4 Å². The summed E-state index contributed by atoms with van der Waals surface area (Å²) in [5.74, 6) is -0.943. The van der Waals surface area contributed by atoms with Crippen molar-refractivity contribution in [1.82, 2.24) is 0 Å². The van der Waals surface area contributed by atoms with Crippen LogP contribution in [0, 0.1) is 0 Å². The lowest BCUT2D eigenvalue weighted by Crippen LogP contribution is -2.61. The molecule has 0 spiro atoms. The molecule has 0 aromatic carbocycles. The summed E-state index contributed by atoms with van der Waals surface area (Å²) in [7, 11) is 0. The molecule has 0 saturated carbocycles. The van der Waals surface area contributed by atoms with Gasteiger partial charge in [0.15, 0.2) is 18.7 Å². The predicted octanol–water partition coefficient (Wildman–Crippen LogP) is 6.15. The highest BCUT2D eigenvalue weighted by molar-refractivity contribution is 5.70. The maximum atomic E-state index is 13.0. The molecule has 0 aromatic heterocycles. The number of aliphatic hydroxyl groups excluding tert-OH is 7. The minimum Gasteiger partial charge on any atom is -0.462 e. The third-order valence-electron chi connectivity index (χ3n) is 11.6. The van der Waals surface area contributed by atoms with Gasteiger partial charge >= 0.3 is 11.9 Å². The van der Waals surface area contributed by atoms with Crippen LogP contribution < -0.4 is 0 Å². The SMILES string of the molecule is CC/C=C\C/C=C\C/C=C\CCCCCCCC(=O)O[C@@H](COC(=O)CCCCCCCCCCCCCCC)CO[C@@H]1O[C@H](CO[C@H]2O[C@H](CO)[C@H](O)[C@H](O)[C@H]2O)[C@H](O)[C@H](O)[C@H]1O. The van der Waals surface area contributed by atoms with Crippen molar-refractivity contribution < 1.29 is 73.8 Å². The molecule has 0 aromatic rings. The molecule has 15 nitrogen and oxygen atoms in total. The second-order valence-corrected chi connectivity index (χ2v) is 17.3. The van der Waals surface area contributed by atoms with Gasteiger partial charge in [0.25, 0.3) is 0 Å². The number of rotatable bonds is 37. The molecule has 2 aliphatic rings. The van der Waals surface area contributed by atoms with Gasteiger partial charge in [-0.05, 0) is 44.9 Å². The largest absolute Gasteiger partial charge is 0.462 e. The normalized spacial score (nSPS) is 26.9. The van der Waals surface area contributed by atoms with Gasteiger partial charge in [-0.3, -0.25) is 9.59 Å². The molecule has 0 amide bonds. The van der Waals surface area contributed by atoms with Crippen LogP contribution in [-0.4, -0.2) is 142 Å². The second-order valence-electron chi connectivity index (χ2n) is 17.3. The van der Waals surface area contributed by atoms with Gasteiger partial charge in [-0.2, -0.15) is 0 Å². The molecule has 2 heterocycles. The Morgan fingerprint density at radius 3 is 1.55 bits per heavy atom. The van der Waals surface area contributed by atoms with E-state index in [1.165, 1.54) is 57.8 Å². The summed E-state index contributed by atoms with van der Waals surface area (Å²) >= 11 is 0. The van der Waals surface area contributed by atoms with Gasteiger partial charge in [0.05, 0.1) is 19.8 Å². The fraction of sp³-hybridized carbons (Fsp3) is 0.837. The number of carbonyl (C=O) groups is 2. The number of hydrogen-bond donors (Lipinski definition) is 7. The Morgan fingerprint density at radius 2 is 0.984 bits per heavy atom. The summed E-state index contributed by atoms with van der Waals surface area (Å²) in [6.07, 6.45) is 20.3. The number of hydrogen-bond acceptors (Lipinski definition) is 15. The first-order valence-corrected chi connectivity index (χ1v) is 24.6. The van der Waals surface area contributed by atoms with Crippen molar-refractivity contribution in [1.29, 1.82) is 0 Å². The third kappa shape index (κ3) is 25.0. The van der Waals surface area contributed by atoms with Gasteiger partial charge in [0.2, 0.25) is 0 Å². The first-order chi connectivity index (χ1) is 31.0. The number of ether oxygens (including phenoxy) is 6. The van der Waals surface area contributed by atoms with Gasteiger partial charge in [-0.15, -0.1) is 0 Å². The Morgan fingerprint density at radius 1 is 0.516 bits per heavy atom. The average molecular weight is 915 g/mol. The average Bonchev–Trinajstić information content (AvgIpc) is 3.29. The van der Waals surface area contributed by atoms with Crippen LogP contribution in [-0.2, 0) is 38.0 Å². The van der Waals surface area contributed by atoms with Crippen LogP contribution in [0.2, 0.25) is 0 Å². The third-order valence-corrected chi connectivity index (χ3v) is 11.6. The van der Waals surface area contributed by atoms with Crippen molar-refractivity contribution >= 4 is 11.9 Å². The highest BCUT2D eigenvalue weighted by atomic mass is 16.7. The number of unbranched alkanes of at least 4 members (excludes halogenated alkanes) is 17. The predicted molar refractivity (Wildman–Crippen MR) is 243 cm³/mol. The molecule has 2 fully saturated rings. The van der Waals surface area contributed by atoms with Crippen molar-refractivity contribution in [2.45, 2.75) is 235 Å². The first kappa shape index (κ1) is 57.8. The van der Waals surface area contributed by atoms with Gasteiger partial charge in [0.1, 0.15) is 55.4 Å². The lowest BCUT2D eigenvalue weighted by Gasteiger charge is -2.42. The zero-order chi connectivity index (χ0) is 46.8. The Balaban J connectivity index is 1.84. The van der Waals surface area contributed by atoms with E-state index in [2.05, 4.69) is 50.3 Å². The van der Waals surface area contributed by atoms with Crippen molar-refractivity contribution in [3.63, 3.8) is 0 Å².